The molecule has 1 aromatic heterocycles. The topological polar surface area (TPSA) is 59.2 Å². The lowest BCUT2D eigenvalue weighted by Crippen LogP contribution is -2.26. The summed E-state index contributed by atoms with van der Waals surface area (Å²) in [4.78, 5) is 17.8. The summed E-state index contributed by atoms with van der Waals surface area (Å²) < 4.78 is 0. The van der Waals surface area contributed by atoms with Crippen molar-refractivity contribution in [3.8, 4) is 23.5 Å². The molecule has 0 bridgehead atoms. The number of hydrogen-bond acceptors (Lipinski definition) is 3. The standard InChI is InChI=1S/C20H19N3O/c1-2-7-23-12-18-9-20(18,13-23)17-5-3-14(4-6-17)15-8-16(19(21)24)11-22-10-15/h1,3-6,8,10-11,18H,7,9,12-13H2,(H2,21,24)/t18-,20+/m0/s1. The lowest BCUT2D eigenvalue weighted by atomic mass is 9.93. The molecule has 1 aliphatic heterocycles. The first-order valence-electron chi connectivity index (χ1n) is 8.14. The van der Waals surface area contributed by atoms with Crippen LogP contribution in [0.2, 0.25) is 0 Å². The fourth-order valence-electron chi connectivity index (χ4n) is 4.01. The van der Waals surface area contributed by atoms with Gasteiger partial charge in [-0.05, 0) is 29.5 Å². The van der Waals surface area contributed by atoms with Crippen molar-refractivity contribution in [2.45, 2.75) is 11.8 Å². The van der Waals surface area contributed by atoms with E-state index in [1.54, 1.807) is 12.3 Å². The number of carbonyl (C=O) groups excluding carboxylic acids is 1. The molecule has 120 valence electrons. The van der Waals surface area contributed by atoms with E-state index in [1.807, 2.05) is 0 Å². The zero-order valence-electron chi connectivity index (χ0n) is 13.4. The number of benzene rings is 1. The molecule has 0 spiro atoms. The number of piperidine rings is 1. The van der Waals surface area contributed by atoms with Crippen LogP contribution in [0, 0.1) is 18.3 Å². The van der Waals surface area contributed by atoms with E-state index in [0.29, 0.717) is 11.0 Å². The van der Waals surface area contributed by atoms with Crippen LogP contribution in [0.25, 0.3) is 11.1 Å². The molecule has 1 saturated heterocycles. The number of primary amides is 1. The molecule has 4 nitrogen and oxygen atoms in total. The Morgan fingerprint density at radius 1 is 1.33 bits per heavy atom. The third kappa shape index (κ3) is 2.38. The van der Waals surface area contributed by atoms with Gasteiger partial charge in [0.25, 0.3) is 0 Å². The number of terminal acetylenes is 1. The average molecular weight is 317 g/mol. The highest BCUT2D eigenvalue weighted by molar-refractivity contribution is 5.93. The second-order valence-corrected chi connectivity index (χ2v) is 6.83. The number of nitrogens with zero attached hydrogens (tertiary/aromatic N) is 2. The quantitative estimate of drug-likeness (QED) is 0.878. The van der Waals surface area contributed by atoms with Crippen LogP contribution in [0.3, 0.4) is 0 Å². The molecule has 2 heterocycles. The minimum atomic E-state index is -0.458. The molecule has 1 saturated carbocycles. The van der Waals surface area contributed by atoms with E-state index in [0.717, 1.165) is 36.7 Å². The van der Waals surface area contributed by atoms with Crippen LogP contribution in [0.15, 0.2) is 42.7 Å². The van der Waals surface area contributed by atoms with E-state index >= 15 is 0 Å². The highest BCUT2D eigenvalue weighted by atomic mass is 16.1. The molecule has 1 aliphatic carbocycles. The van der Waals surface area contributed by atoms with Gasteiger partial charge in [-0.15, -0.1) is 6.42 Å². The normalized spacial score (nSPS) is 25.0. The number of likely N-dealkylation sites (tertiary alicyclic amines) is 1. The molecule has 2 N–H and O–H groups in total. The van der Waals surface area contributed by atoms with Crippen LogP contribution in [0.5, 0.6) is 0 Å². The van der Waals surface area contributed by atoms with Gasteiger partial charge in [-0.1, -0.05) is 30.2 Å². The molecule has 1 amide bonds. The Balaban J connectivity index is 1.57. The lowest BCUT2D eigenvalue weighted by molar-refractivity contribution is 0.1000. The lowest BCUT2D eigenvalue weighted by Gasteiger charge is -2.19. The molecule has 4 rings (SSSR count). The van der Waals surface area contributed by atoms with Gasteiger partial charge < -0.3 is 5.73 Å². The Kier molecular flexibility index (Phi) is 3.40. The molecule has 2 atom stereocenters. The number of fused-ring (bicyclic) bond motifs is 1. The molecular formula is C20H19N3O. The zero-order chi connectivity index (χ0) is 16.7. The van der Waals surface area contributed by atoms with Crippen LogP contribution in [-0.4, -0.2) is 35.4 Å². The fraction of sp³-hybridized carbons (Fsp3) is 0.300. The van der Waals surface area contributed by atoms with E-state index in [4.69, 9.17) is 12.2 Å². The monoisotopic (exact) mass is 317 g/mol. The maximum Gasteiger partial charge on any atom is 0.250 e. The third-order valence-electron chi connectivity index (χ3n) is 5.35. The van der Waals surface area contributed by atoms with Crippen LogP contribution in [-0.2, 0) is 5.41 Å². The van der Waals surface area contributed by atoms with Crippen molar-refractivity contribution < 1.29 is 4.79 Å². The van der Waals surface area contributed by atoms with Crippen LogP contribution >= 0.6 is 0 Å². The number of hydrogen-bond donors (Lipinski definition) is 1. The van der Waals surface area contributed by atoms with Gasteiger partial charge in [0, 0.05) is 36.5 Å². The minimum Gasteiger partial charge on any atom is -0.366 e. The Hall–Kier alpha value is -2.64. The first-order valence-corrected chi connectivity index (χ1v) is 8.14. The Morgan fingerprint density at radius 2 is 2.12 bits per heavy atom. The number of nitrogens with two attached hydrogens (primary N) is 1. The molecule has 2 fully saturated rings. The van der Waals surface area contributed by atoms with Gasteiger partial charge in [0.1, 0.15) is 0 Å². The molecule has 1 aromatic carbocycles. The first kappa shape index (κ1) is 14.9. The summed E-state index contributed by atoms with van der Waals surface area (Å²) >= 11 is 0. The van der Waals surface area contributed by atoms with Crippen LogP contribution < -0.4 is 5.73 Å². The summed E-state index contributed by atoms with van der Waals surface area (Å²) in [6.45, 7) is 2.90. The Bertz CT molecular complexity index is 837. The molecule has 0 radical (unpaired) electrons. The van der Waals surface area contributed by atoms with Crippen LogP contribution in [0.1, 0.15) is 22.3 Å². The smallest absolute Gasteiger partial charge is 0.250 e. The van der Waals surface area contributed by atoms with Crippen molar-refractivity contribution in [1.29, 1.82) is 0 Å². The zero-order valence-corrected chi connectivity index (χ0v) is 13.4. The van der Waals surface area contributed by atoms with E-state index < -0.39 is 5.91 Å². The predicted octanol–water partition coefficient (Wildman–Crippen LogP) is 2.05. The second-order valence-electron chi connectivity index (χ2n) is 6.83. The van der Waals surface area contributed by atoms with Crippen LogP contribution in [0.4, 0.5) is 0 Å². The number of carbonyl (C=O) groups is 1. The molecule has 2 aromatic rings. The third-order valence-corrected chi connectivity index (χ3v) is 5.35. The molecular weight excluding hydrogens is 298 g/mol. The van der Waals surface area contributed by atoms with Crippen molar-refractivity contribution in [2.24, 2.45) is 11.7 Å². The van der Waals surface area contributed by atoms with Gasteiger partial charge >= 0.3 is 0 Å². The second kappa shape index (κ2) is 5.47. The number of amides is 1. The van der Waals surface area contributed by atoms with Crippen molar-refractivity contribution in [1.82, 2.24) is 9.88 Å². The minimum absolute atomic E-state index is 0.294. The highest BCUT2D eigenvalue weighted by Crippen LogP contribution is 2.58. The Labute approximate surface area is 141 Å². The van der Waals surface area contributed by atoms with E-state index in [-0.39, 0.29) is 0 Å². The summed E-state index contributed by atoms with van der Waals surface area (Å²) in [5, 5.41) is 0. The Morgan fingerprint density at radius 3 is 2.83 bits per heavy atom. The van der Waals surface area contributed by atoms with Gasteiger partial charge in [-0.2, -0.15) is 0 Å². The maximum absolute atomic E-state index is 11.3. The number of pyridine rings is 1. The molecule has 24 heavy (non-hydrogen) atoms. The van der Waals surface area contributed by atoms with Crippen molar-refractivity contribution >= 4 is 5.91 Å². The average Bonchev–Trinajstić information content (AvgIpc) is 3.18. The summed E-state index contributed by atoms with van der Waals surface area (Å²) in [6, 6.07) is 10.4. The van der Waals surface area contributed by atoms with Crippen molar-refractivity contribution in [3.63, 3.8) is 0 Å². The molecule has 2 aliphatic rings. The van der Waals surface area contributed by atoms with E-state index in [1.165, 1.54) is 18.2 Å². The summed E-state index contributed by atoms with van der Waals surface area (Å²) in [5.41, 5.74) is 9.39. The van der Waals surface area contributed by atoms with E-state index in [2.05, 4.69) is 40.1 Å². The van der Waals surface area contributed by atoms with Gasteiger partial charge in [0.2, 0.25) is 5.91 Å². The first-order chi connectivity index (χ1) is 11.6. The largest absolute Gasteiger partial charge is 0.366 e. The number of aromatic nitrogens is 1. The fourth-order valence-corrected chi connectivity index (χ4v) is 4.01. The summed E-state index contributed by atoms with van der Waals surface area (Å²) in [6.07, 6.45) is 9.94. The van der Waals surface area contributed by atoms with Gasteiger partial charge in [0.15, 0.2) is 0 Å². The summed E-state index contributed by atoms with van der Waals surface area (Å²) in [7, 11) is 0. The van der Waals surface area contributed by atoms with Gasteiger partial charge in [-0.3, -0.25) is 14.7 Å². The highest BCUT2D eigenvalue weighted by Gasteiger charge is 2.60. The number of rotatable bonds is 4. The SMILES string of the molecule is C#CCN1C[C@@H]2C[C@]2(c2ccc(-c3cncc(C(N)=O)c3)cc2)C1. The molecule has 0 unspecified atom stereocenters. The maximum atomic E-state index is 11.3. The van der Waals surface area contributed by atoms with Crippen molar-refractivity contribution in [2.75, 3.05) is 19.6 Å². The van der Waals surface area contributed by atoms with E-state index in [9.17, 15) is 4.79 Å². The summed E-state index contributed by atoms with van der Waals surface area (Å²) in [5.74, 6) is 3.02. The predicted molar refractivity (Wildman–Crippen MR) is 93.2 cm³/mol. The molecule has 4 heteroatoms. The van der Waals surface area contributed by atoms with Gasteiger partial charge in [0.05, 0.1) is 12.1 Å². The van der Waals surface area contributed by atoms with Gasteiger partial charge in [-0.25, -0.2) is 0 Å². The van der Waals surface area contributed by atoms with Crippen molar-refractivity contribution in [3.05, 3.63) is 53.9 Å².